The average Bonchev–Trinajstić information content (AvgIpc) is 1.72. The van der Waals surface area contributed by atoms with E-state index in [4.69, 9.17) is 10.1 Å². The molecule has 0 heterocycles. The molecule has 0 aliphatic carbocycles. The van der Waals surface area contributed by atoms with Gasteiger partial charge in [0.05, 0.1) is 7.11 Å². The number of carbonyl (C=O) groups is 1. The molecule has 3 nitrogen and oxygen atoms in total. The number of hydrogen-bond acceptors (Lipinski definition) is 3. The summed E-state index contributed by atoms with van der Waals surface area (Å²) in [6.07, 6.45) is 1.43. The lowest BCUT2D eigenvalue weighted by molar-refractivity contribution is -0.0979. The second-order valence-corrected chi connectivity index (χ2v) is 0.295. The topological polar surface area (TPSA) is 50.1 Å². The van der Waals surface area contributed by atoms with Crippen molar-refractivity contribution in [1.29, 1.82) is 5.26 Å². The van der Waals surface area contributed by atoms with E-state index in [9.17, 15) is 0 Å². The molecule has 0 amide bonds. The predicted octanol–water partition coefficient (Wildman–Crippen LogP) is -0.0710. The first kappa shape index (κ1) is 8.88. The molecule has 0 N–H and O–H groups in total. The van der Waals surface area contributed by atoms with Crippen molar-refractivity contribution in [1.82, 2.24) is 0 Å². The highest BCUT2D eigenvalue weighted by molar-refractivity contribution is 5.10. The minimum atomic E-state index is 1.32. The number of nitriles is 1. The Morgan fingerprint density at radius 3 is 2.00 bits per heavy atom. The third-order valence-corrected chi connectivity index (χ3v) is 0.0913. The Morgan fingerprint density at radius 2 is 2.00 bits per heavy atom. The standard InChI is InChI=1S/C2H3NO.CH2O/c1-4-2-3;1-2/h1H3;1H2. The van der Waals surface area contributed by atoms with Crippen molar-refractivity contribution < 1.29 is 9.53 Å². The van der Waals surface area contributed by atoms with Crippen molar-refractivity contribution >= 4 is 6.79 Å². The largest absolute Gasteiger partial charge is 0.431 e. The Kier molecular flexibility index (Phi) is 55.7. The molecule has 0 bridgehead atoms. The molecular formula is C3H5NO2. The van der Waals surface area contributed by atoms with Crippen molar-refractivity contribution in [3.05, 3.63) is 0 Å². The van der Waals surface area contributed by atoms with E-state index in [-0.39, 0.29) is 0 Å². The molecule has 3 heteroatoms. The third kappa shape index (κ3) is 7110. The highest BCUT2D eigenvalue weighted by Crippen LogP contribution is 1.41. The molecule has 0 aromatic heterocycles. The second-order valence-electron chi connectivity index (χ2n) is 0.295. The lowest BCUT2D eigenvalue weighted by Crippen LogP contribution is -1.55. The van der Waals surface area contributed by atoms with Gasteiger partial charge in [0, 0.05) is 0 Å². The Bertz CT molecular complexity index is 47.2. The Hall–Kier alpha value is -1.04. The number of rotatable bonds is 0. The zero-order chi connectivity index (χ0) is 5.41. The van der Waals surface area contributed by atoms with Crippen LogP contribution in [0.4, 0.5) is 0 Å². The molecule has 0 atom stereocenters. The fourth-order valence-electron chi connectivity index (χ4n) is 0. The molecule has 0 radical (unpaired) electrons. The number of methoxy groups -OCH3 is 1. The van der Waals surface area contributed by atoms with Gasteiger partial charge in [-0.1, -0.05) is 0 Å². The first-order valence-electron chi connectivity index (χ1n) is 1.12. The normalized spacial score (nSPS) is 3.33. The van der Waals surface area contributed by atoms with E-state index in [2.05, 4.69) is 4.74 Å². The van der Waals surface area contributed by atoms with Crippen molar-refractivity contribution in [3.8, 4) is 6.26 Å². The summed E-state index contributed by atoms with van der Waals surface area (Å²) in [6.45, 7) is 2.00. The van der Waals surface area contributed by atoms with E-state index >= 15 is 0 Å². The highest BCUT2D eigenvalue weighted by Gasteiger charge is 1.42. The first-order valence-corrected chi connectivity index (χ1v) is 1.12. The molecule has 34 valence electrons. The molecule has 0 aliphatic rings. The smallest absolute Gasteiger partial charge is 0.286 e. The zero-order valence-corrected chi connectivity index (χ0v) is 3.47. The zero-order valence-electron chi connectivity index (χ0n) is 3.47. The molecule has 0 rings (SSSR count). The van der Waals surface area contributed by atoms with Gasteiger partial charge in [-0.15, -0.1) is 0 Å². The van der Waals surface area contributed by atoms with E-state index in [1.165, 1.54) is 13.4 Å². The van der Waals surface area contributed by atoms with Crippen LogP contribution in [0.1, 0.15) is 0 Å². The van der Waals surface area contributed by atoms with Crippen LogP contribution in [-0.4, -0.2) is 13.9 Å². The van der Waals surface area contributed by atoms with Crippen LogP contribution < -0.4 is 0 Å². The predicted molar refractivity (Wildman–Crippen MR) is 19.7 cm³/mol. The molecular weight excluding hydrogens is 82.0 g/mol. The van der Waals surface area contributed by atoms with E-state index in [1.54, 1.807) is 0 Å². The van der Waals surface area contributed by atoms with Gasteiger partial charge in [-0.25, -0.2) is 0 Å². The van der Waals surface area contributed by atoms with E-state index in [0.717, 1.165) is 0 Å². The van der Waals surface area contributed by atoms with Gasteiger partial charge in [-0.2, -0.15) is 5.26 Å². The highest BCUT2D eigenvalue weighted by atomic mass is 16.5. The molecule has 0 aliphatic heterocycles. The second kappa shape index (κ2) is 37.6. The molecule has 0 saturated carbocycles. The lowest BCUT2D eigenvalue weighted by atomic mass is 11.5. The lowest BCUT2D eigenvalue weighted by Gasteiger charge is -1.61. The summed E-state index contributed by atoms with van der Waals surface area (Å²) in [5.41, 5.74) is 0. The maximum Gasteiger partial charge on any atom is 0.286 e. The minimum absolute atomic E-state index is 1.32. The van der Waals surface area contributed by atoms with Crippen molar-refractivity contribution in [2.24, 2.45) is 0 Å². The van der Waals surface area contributed by atoms with Gasteiger partial charge in [0.1, 0.15) is 6.79 Å². The van der Waals surface area contributed by atoms with Gasteiger partial charge in [0.2, 0.25) is 0 Å². The van der Waals surface area contributed by atoms with Crippen LogP contribution in [0, 0.1) is 11.5 Å². The van der Waals surface area contributed by atoms with Crippen LogP contribution >= 0.6 is 0 Å². The van der Waals surface area contributed by atoms with Crippen LogP contribution in [0.25, 0.3) is 0 Å². The van der Waals surface area contributed by atoms with Gasteiger partial charge in [0.25, 0.3) is 6.26 Å². The molecule has 0 aromatic rings. The number of ether oxygens (including phenoxy) is 1. The molecule has 0 fully saturated rings. The minimum Gasteiger partial charge on any atom is -0.431 e. The summed E-state index contributed by atoms with van der Waals surface area (Å²) in [5.74, 6) is 0. The first-order chi connectivity index (χ1) is 2.91. The number of hydrogen-bond donors (Lipinski definition) is 0. The number of carbonyl (C=O) groups excluding carboxylic acids is 1. The molecule has 0 saturated heterocycles. The summed E-state index contributed by atoms with van der Waals surface area (Å²) in [5, 5.41) is 7.40. The summed E-state index contributed by atoms with van der Waals surface area (Å²) in [7, 11) is 1.32. The van der Waals surface area contributed by atoms with Gasteiger partial charge in [-0.3, -0.25) is 0 Å². The van der Waals surface area contributed by atoms with E-state index in [0.29, 0.717) is 0 Å². The maximum atomic E-state index is 8.00. The van der Waals surface area contributed by atoms with Gasteiger partial charge in [0.15, 0.2) is 0 Å². The Morgan fingerprint density at radius 1 is 1.83 bits per heavy atom. The molecule has 0 spiro atoms. The molecule has 0 unspecified atom stereocenters. The van der Waals surface area contributed by atoms with Crippen LogP contribution in [0.3, 0.4) is 0 Å². The average molecular weight is 87.1 g/mol. The maximum absolute atomic E-state index is 8.00. The van der Waals surface area contributed by atoms with Crippen molar-refractivity contribution in [2.45, 2.75) is 0 Å². The van der Waals surface area contributed by atoms with E-state index in [1.807, 2.05) is 6.79 Å². The van der Waals surface area contributed by atoms with E-state index < -0.39 is 0 Å². The number of nitrogens with zero attached hydrogens (tertiary/aromatic N) is 1. The third-order valence-electron chi connectivity index (χ3n) is 0.0913. The summed E-state index contributed by atoms with van der Waals surface area (Å²) in [4.78, 5) is 8.00. The Labute approximate surface area is 36.1 Å². The summed E-state index contributed by atoms with van der Waals surface area (Å²) < 4.78 is 3.85. The van der Waals surface area contributed by atoms with Crippen LogP contribution in [-0.2, 0) is 9.53 Å². The fraction of sp³-hybridized carbons (Fsp3) is 0.333. The fourth-order valence-corrected chi connectivity index (χ4v) is 0. The molecule has 0 aromatic carbocycles. The quantitative estimate of drug-likeness (QED) is 0.388. The van der Waals surface area contributed by atoms with Crippen LogP contribution in [0.5, 0.6) is 0 Å². The SMILES string of the molecule is C=O.COC#N. The van der Waals surface area contributed by atoms with Gasteiger partial charge < -0.3 is 9.53 Å². The van der Waals surface area contributed by atoms with Gasteiger partial charge in [-0.05, 0) is 0 Å². The van der Waals surface area contributed by atoms with Crippen molar-refractivity contribution in [2.75, 3.05) is 7.11 Å². The monoisotopic (exact) mass is 87.0 g/mol. The Balaban J connectivity index is 0. The van der Waals surface area contributed by atoms with Crippen LogP contribution in [0.15, 0.2) is 0 Å². The van der Waals surface area contributed by atoms with Gasteiger partial charge >= 0.3 is 0 Å². The summed E-state index contributed by atoms with van der Waals surface area (Å²) >= 11 is 0. The van der Waals surface area contributed by atoms with Crippen LogP contribution in [0.2, 0.25) is 0 Å². The summed E-state index contributed by atoms with van der Waals surface area (Å²) in [6, 6.07) is 0. The molecule has 6 heavy (non-hydrogen) atoms. The van der Waals surface area contributed by atoms with Crippen molar-refractivity contribution in [3.63, 3.8) is 0 Å².